The number of nitrogen functional groups attached to an aromatic ring is 1. The van der Waals surface area contributed by atoms with Gasteiger partial charge in [0.05, 0.1) is 19.3 Å². The Morgan fingerprint density at radius 2 is 2.40 bits per heavy atom. The second-order valence-electron chi connectivity index (χ2n) is 4.18. The zero-order chi connectivity index (χ0) is 14.8. The maximum absolute atomic E-state index is 12.6. The molecule has 1 aliphatic heterocycles. The molecule has 1 aliphatic rings. The van der Waals surface area contributed by atoms with E-state index in [0.717, 1.165) is 0 Å². The fourth-order valence-corrected chi connectivity index (χ4v) is 3.96. The molecule has 1 atom stereocenters. The predicted molar refractivity (Wildman–Crippen MR) is 75.3 cm³/mol. The number of rotatable bonds is 4. The van der Waals surface area contributed by atoms with Gasteiger partial charge in [-0.2, -0.15) is 4.31 Å². The van der Waals surface area contributed by atoms with Crippen molar-refractivity contribution in [3.8, 4) is 0 Å². The number of hydrazine groups is 1. The topological polar surface area (TPSA) is 118 Å². The van der Waals surface area contributed by atoms with Gasteiger partial charge in [0.25, 0.3) is 0 Å². The van der Waals surface area contributed by atoms with Crippen LogP contribution < -0.4 is 11.3 Å². The summed E-state index contributed by atoms with van der Waals surface area (Å²) in [6.07, 6.45) is 0.928. The van der Waals surface area contributed by atoms with Crippen molar-refractivity contribution in [1.29, 1.82) is 0 Å². The molecule has 0 spiro atoms. The van der Waals surface area contributed by atoms with Gasteiger partial charge in [-0.15, -0.1) is 0 Å². The van der Waals surface area contributed by atoms with E-state index in [9.17, 15) is 8.42 Å². The molecule has 0 aliphatic carbocycles. The zero-order valence-electron chi connectivity index (χ0n) is 10.5. The number of nitrogens with one attached hydrogen (secondary N) is 1. The maximum atomic E-state index is 12.6. The number of nitrogens with zero attached hydrogens (tertiary/aromatic N) is 2. The number of anilines is 1. The number of ether oxygens (including phenoxy) is 1. The van der Waals surface area contributed by atoms with Gasteiger partial charge in [-0.05, 0) is 22.0 Å². The maximum Gasteiger partial charge on any atom is 0.247 e. The molecule has 2 heterocycles. The molecule has 0 radical (unpaired) electrons. The minimum absolute atomic E-state index is 0.0204. The molecule has 4 N–H and O–H groups in total. The van der Waals surface area contributed by atoms with E-state index in [-0.39, 0.29) is 37.0 Å². The molecule has 1 saturated heterocycles. The minimum Gasteiger partial charge on any atom is -0.394 e. The van der Waals surface area contributed by atoms with Gasteiger partial charge >= 0.3 is 0 Å². The Bertz CT molecular complexity index is 583. The number of aliphatic hydroxyl groups is 1. The fourth-order valence-electron chi connectivity index (χ4n) is 1.89. The third-order valence-corrected chi connectivity index (χ3v) is 5.19. The van der Waals surface area contributed by atoms with E-state index in [1.807, 2.05) is 0 Å². The Kier molecular flexibility index (Phi) is 4.94. The van der Waals surface area contributed by atoms with Gasteiger partial charge in [0.2, 0.25) is 10.0 Å². The summed E-state index contributed by atoms with van der Waals surface area (Å²) >= 11 is 3.19. The average Bonchev–Trinajstić information content (AvgIpc) is 2.47. The second kappa shape index (κ2) is 6.33. The van der Waals surface area contributed by atoms with Crippen LogP contribution in [0.3, 0.4) is 0 Å². The molecular weight excluding hydrogens is 352 g/mol. The molecule has 112 valence electrons. The number of pyridine rings is 1. The average molecular weight is 367 g/mol. The van der Waals surface area contributed by atoms with Crippen LogP contribution >= 0.6 is 15.9 Å². The molecule has 20 heavy (non-hydrogen) atoms. The lowest BCUT2D eigenvalue weighted by molar-refractivity contribution is -0.0304. The highest BCUT2D eigenvalue weighted by Crippen LogP contribution is 2.26. The van der Waals surface area contributed by atoms with Crippen LogP contribution in [-0.2, 0) is 14.8 Å². The normalized spacial score (nSPS) is 20.9. The Morgan fingerprint density at radius 1 is 1.65 bits per heavy atom. The Labute approximate surface area is 125 Å². The van der Waals surface area contributed by atoms with Crippen molar-refractivity contribution < 1.29 is 18.3 Å². The quantitative estimate of drug-likeness (QED) is 0.486. The van der Waals surface area contributed by atoms with E-state index in [1.54, 1.807) is 0 Å². The Morgan fingerprint density at radius 3 is 3.05 bits per heavy atom. The number of hydrogen-bond donors (Lipinski definition) is 3. The summed E-state index contributed by atoms with van der Waals surface area (Å²) in [7, 11) is -3.76. The van der Waals surface area contributed by atoms with Gasteiger partial charge in [0, 0.05) is 23.8 Å². The lowest BCUT2D eigenvalue weighted by Gasteiger charge is -2.31. The molecule has 1 aromatic rings. The molecule has 0 bridgehead atoms. The third kappa shape index (κ3) is 3.10. The van der Waals surface area contributed by atoms with Crippen molar-refractivity contribution in [1.82, 2.24) is 9.29 Å². The number of aliphatic hydroxyl groups excluding tert-OH is 1. The van der Waals surface area contributed by atoms with Gasteiger partial charge in [-0.1, -0.05) is 0 Å². The highest BCUT2D eigenvalue weighted by Gasteiger charge is 2.32. The largest absolute Gasteiger partial charge is 0.394 e. The highest BCUT2D eigenvalue weighted by molar-refractivity contribution is 9.10. The highest BCUT2D eigenvalue weighted by atomic mass is 79.9. The van der Waals surface area contributed by atoms with Crippen LogP contribution in [0.4, 0.5) is 5.82 Å². The zero-order valence-corrected chi connectivity index (χ0v) is 12.9. The second-order valence-corrected chi connectivity index (χ2v) is 7.01. The molecular formula is C10H15BrN4O4S. The van der Waals surface area contributed by atoms with Crippen molar-refractivity contribution in [2.45, 2.75) is 11.0 Å². The van der Waals surface area contributed by atoms with Crippen molar-refractivity contribution in [2.75, 3.05) is 31.7 Å². The molecule has 1 unspecified atom stereocenters. The number of hydrogen-bond acceptors (Lipinski definition) is 7. The van der Waals surface area contributed by atoms with E-state index < -0.39 is 16.1 Å². The van der Waals surface area contributed by atoms with Crippen LogP contribution in [0.25, 0.3) is 0 Å². The first-order chi connectivity index (χ1) is 9.48. The molecule has 0 amide bonds. The molecule has 0 aromatic carbocycles. The SMILES string of the molecule is NNc1ncc(Br)cc1S(=O)(=O)N1CCOC(CO)C1. The lowest BCUT2D eigenvalue weighted by Crippen LogP contribution is -2.47. The van der Waals surface area contributed by atoms with Crippen LogP contribution in [-0.4, -0.2) is 55.2 Å². The number of halogens is 1. The van der Waals surface area contributed by atoms with Crippen LogP contribution in [0.1, 0.15) is 0 Å². The summed E-state index contributed by atoms with van der Waals surface area (Å²) < 4.78 is 32.3. The minimum atomic E-state index is -3.76. The standard InChI is InChI=1S/C10H15BrN4O4S/c11-7-3-9(10(14-12)13-4-7)20(17,18)15-1-2-19-8(5-15)6-16/h3-4,8,16H,1-2,5-6,12H2,(H,13,14). The predicted octanol–water partition coefficient (Wildman–Crippen LogP) is -0.489. The number of nitrogens with two attached hydrogens (primary N) is 1. The number of morpholine rings is 1. The molecule has 1 aromatic heterocycles. The summed E-state index contributed by atoms with van der Waals surface area (Å²) in [6.45, 7) is 0.312. The summed E-state index contributed by atoms with van der Waals surface area (Å²) in [5.41, 5.74) is 2.27. The van der Waals surface area contributed by atoms with Crippen LogP contribution in [0, 0.1) is 0 Å². The number of aromatic nitrogens is 1. The van der Waals surface area contributed by atoms with Crippen molar-refractivity contribution in [3.05, 3.63) is 16.7 Å². The van der Waals surface area contributed by atoms with E-state index in [1.165, 1.54) is 16.6 Å². The van der Waals surface area contributed by atoms with Crippen LogP contribution in [0.5, 0.6) is 0 Å². The van der Waals surface area contributed by atoms with E-state index in [0.29, 0.717) is 4.47 Å². The molecule has 10 heteroatoms. The van der Waals surface area contributed by atoms with Gasteiger partial charge in [-0.3, -0.25) is 0 Å². The smallest absolute Gasteiger partial charge is 0.247 e. The summed E-state index contributed by atoms with van der Waals surface area (Å²) in [5, 5.41) is 9.09. The van der Waals surface area contributed by atoms with Crippen LogP contribution in [0.2, 0.25) is 0 Å². The van der Waals surface area contributed by atoms with Crippen LogP contribution in [0.15, 0.2) is 21.6 Å². The van der Waals surface area contributed by atoms with Gasteiger partial charge < -0.3 is 15.3 Å². The summed E-state index contributed by atoms with van der Waals surface area (Å²) in [5.74, 6) is 5.37. The fraction of sp³-hybridized carbons (Fsp3) is 0.500. The Hall–Kier alpha value is -0.780. The van der Waals surface area contributed by atoms with Crippen molar-refractivity contribution in [2.24, 2.45) is 5.84 Å². The van der Waals surface area contributed by atoms with Crippen molar-refractivity contribution >= 4 is 31.8 Å². The van der Waals surface area contributed by atoms with E-state index >= 15 is 0 Å². The monoisotopic (exact) mass is 366 g/mol. The first kappa shape index (κ1) is 15.6. The van der Waals surface area contributed by atoms with E-state index in [2.05, 4.69) is 26.3 Å². The first-order valence-corrected chi connectivity index (χ1v) is 8.07. The summed E-state index contributed by atoms with van der Waals surface area (Å²) in [6, 6.07) is 1.43. The lowest BCUT2D eigenvalue weighted by atomic mass is 10.3. The molecule has 1 fully saturated rings. The van der Waals surface area contributed by atoms with Gasteiger partial charge in [0.15, 0.2) is 5.82 Å². The molecule has 8 nitrogen and oxygen atoms in total. The first-order valence-electron chi connectivity index (χ1n) is 5.84. The molecule has 2 rings (SSSR count). The van der Waals surface area contributed by atoms with E-state index in [4.69, 9.17) is 15.7 Å². The Balaban J connectivity index is 2.37. The van der Waals surface area contributed by atoms with Crippen molar-refractivity contribution in [3.63, 3.8) is 0 Å². The van der Waals surface area contributed by atoms with Gasteiger partial charge in [0.1, 0.15) is 4.90 Å². The number of sulfonamides is 1. The summed E-state index contributed by atoms with van der Waals surface area (Å²) in [4.78, 5) is 3.91. The molecule has 0 saturated carbocycles. The van der Waals surface area contributed by atoms with Gasteiger partial charge in [-0.25, -0.2) is 19.2 Å². The third-order valence-electron chi connectivity index (χ3n) is 2.88.